The number of nitrogens with one attached hydrogen (secondary N) is 1. The topological polar surface area (TPSA) is 35.6 Å². The summed E-state index contributed by atoms with van der Waals surface area (Å²) in [5.41, 5.74) is 1.08. The van der Waals surface area contributed by atoms with E-state index < -0.39 is 0 Å². The number of amides is 1. The average Bonchev–Trinajstić information content (AvgIpc) is 2.62. The maximum absolute atomic E-state index is 13.0. The van der Waals surface area contributed by atoms with Crippen LogP contribution in [0.5, 0.6) is 0 Å². The van der Waals surface area contributed by atoms with E-state index in [1.165, 1.54) is 31.4 Å². The first-order valence-electron chi connectivity index (χ1n) is 9.23. The van der Waals surface area contributed by atoms with Crippen molar-refractivity contribution in [1.82, 2.24) is 10.2 Å². The lowest BCUT2D eigenvalue weighted by Gasteiger charge is -2.36. The van der Waals surface area contributed by atoms with Crippen LogP contribution >= 0.6 is 0 Å². The highest BCUT2D eigenvalue weighted by atomic mass is 19.1. The molecule has 3 rings (SSSR count). The molecule has 5 heteroatoms. The molecule has 0 unspecified atom stereocenters. The van der Waals surface area contributed by atoms with Crippen LogP contribution in [-0.2, 0) is 4.79 Å². The van der Waals surface area contributed by atoms with Gasteiger partial charge in [0.15, 0.2) is 0 Å². The van der Waals surface area contributed by atoms with Crippen molar-refractivity contribution >= 4 is 11.6 Å². The Morgan fingerprint density at radius 1 is 1.04 bits per heavy atom. The van der Waals surface area contributed by atoms with Crippen molar-refractivity contribution in [2.75, 3.05) is 37.6 Å². The minimum absolute atomic E-state index is 0.193. The molecule has 0 radical (unpaired) electrons. The fourth-order valence-electron chi connectivity index (χ4n) is 3.69. The fraction of sp³-hybridized carbons (Fsp3) is 0.632. The number of piperazine rings is 1. The molecular weight excluding hydrogens is 305 g/mol. The van der Waals surface area contributed by atoms with E-state index >= 15 is 0 Å². The number of benzene rings is 1. The summed E-state index contributed by atoms with van der Waals surface area (Å²) in [6.45, 7) is 4.59. The molecule has 1 heterocycles. The molecule has 2 fully saturated rings. The third-order valence-corrected chi connectivity index (χ3v) is 5.19. The van der Waals surface area contributed by atoms with Crippen molar-refractivity contribution in [2.45, 2.75) is 44.6 Å². The Balaban J connectivity index is 1.36. The van der Waals surface area contributed by atoms with Gasteiger partial charge in [-0.25, -0.2) is 4.39 Å². The van der Waals surface area contributed by atoms with Crippen LogP contribution in [0.3, 0.4) is 0 Å². The van der Waals surface area contributed by atoms with Gasteiger partial charge in [0.1, 0.15) is 5.82 Å². The maximum Gasteiger partial charge on any atom is 0.221 e. The lowest BCUT2D eigenvalue weighted by molar-refractivity contribution is -0.122. The second-order valence-electron chi connectivity index (χ2n) is 6.96. The van der Waals surface area contributed by atoms with Gasteiger partial charge < -0.3 is 10.2 Å². The number of hydrogen-bond donors (Lipinski definition) is 1. The van der Waals surface area contributed by atoms with Crippen LogP contribution < -0.4 is 10.2 Å². The summed E-state index contributed by atoms with van der Waals surface area (Å²) in [4.78, 5) is 16.7. The minimum Gasteiger partial charge on any atom is -0.369 e. The van der Waals surface area contributed by atoms with E-state index in [9.17, 15) is 9.18 Å². The molecular formula is C19H28FN3O. The molecule has 1 aromatic carbocycles. The average molecular weight is 333 g/mol. The summed E-state index contributed by atoms with van der Waals surface area (Å²) < 4.78 is 13.0. The van der Waals surface area contributed by atoms with Gasteiger partial charge in [-0.15, -0.1) is 0 Å². The van der Waals surface area contributed by atoms with E-state index in [2.05, 4.69) is 15.1 Å². The van der Waals surface area contributed by atoms with Crippen molar-refractivity contribution in [3.05, 3.63) is 30.1 Å². The second-order valence-corrected chi connectivity index (χ2v) is 6.96. The van der Waals surface area contributed by atoms with Crippen LogP contribution in [0.4, 0.5) is 10.1 Å². The molecule has 1 saturated carbocycles. The summed E-state index contributed by atoms with van der Waals surface area (Å²) in [6, 6.07) is 7.10. The molecule has 1 aliphatic heterocycles. The molecule has 132 valence electrons. The van der Waals surface area contributed by atoms with Gasteiger partial charge in [-0.2, -0.15) is 0 Å². The Labute approximate surface area is 144 Å². The second kappa shape index (κ2) is 8.47. The Morgan fingerprint density at radius 2 is 1.71 bits per heavy atom. The van der Waals surface area contributed by atoms with Crippen molar-refractivity contribution in [1.29, 1.82) is 0 Å². The van der Waals surface area contributed by atoms with Gasteiger partial charge in [-0.3, -0.25) is 9.69 Å². The largest absolute Gasteiger partial charge is 0.369 e. The van der Waals surface area contributed by atoms with Crippen LogP contribution in [0.15, 0.2) is 24.3 Å². The summed E-state index contributed by atoms with van der Waals surface area (Å²) in [6.07, 6.45) is 6.68. The molecule has 1 amide bonds. The number of nitrogens with zero attached hydrogens (tertiary/aromatic N) is 2. The van der Waals surface area contributed by atoms with Crippen LogP contribution in [0, 0.1) is 5.82 Å². The number of halogens is 1. The van der Waals surface area contributed by atoms with Gasteiger partial charge in [0.2, 0.25) is 5.91 Å². The van der Waals surface area contributed by atoms with Gasteiger partial charge in [0.25, 0.3) is 0 Å². The Hall–Kier alpha value is -1.62. The first kappa shape index (κ1) is 17.2. The quantitative estimate of drug-likeness (QED) is 0.900. The van der Waals surface area contributed by atoms with Gasteiger partial charge in [-0.1, -0.05) is 19.3 Å². The number of carbonyl (C=O) groups excluding carboxylic acids is 1. The zero-order valence-corrected chi connectivity index (χ0v) is 14.3. The van der Waals surface area contributed by atoms with Gasteiger partial charge in [0.05, 0.1) is 0 Å². The molecule has 0 atom stereocenters. The van der Waals surface area contributed by atoms with E-state index in [0.717, 1.165) is 51.3 Å². The van der Waals surface area contributed by atoms with Crippen molar-refractivity contribution in [3.8, 4) is 0 Å². The summed E-state index contributed by atoms with van der Waals surface area (Å²) in [5.74, 6) is 0.00392. The maximum atomic E-state index is 13.0. The third-order valence-electron chi connectivity index (χ3n) is 5.19. The van der Waals surface area contributed by atoms with E-state index in [1.807, 2.05) is 12.1 Å². The highest BCUT2D eigenvalue weighted by Gasteiger charge is 2.19. The van der Waals surface area contributed by atoms with E-state index in [-0.39, 0.29) is 11.7 Å². The molecule has 0 aromatic heterocycles. The molecule has 0 spiro atoms. The summed E-state index contributed by atoms with van der Waals surface area (Å²) >= 11 is 0. The van der Waals surface area contributed by atoms with Crippen molar-refractivity contribution < 1.29 is 9.18 Å². The molecule has 1 aliphatic carbocycles. The molecule has 4 nitrogen and oxygen atoms in total. The van der Waals surface area contributed by atoms with Gasteiger partial charge >= 0.3 is 0 Å². The van der Waals surface area contributed by atoms with Crippen LogP contribution in [0.2, 0.25) is 0 Å². The Kier molecular flexibility index (Phi) is 6.07. The number of rotatable bonds is 5. The zero-order chi connectivity index (χ0) is 16.8. The predicted molar refractivity (Wildman–Crippen MR) is 94.7 cm³/mol. The molecule has 1 aromatic rings. The Morgan fingerprint density at radius 3 is 2.38 bits per heavy atom. The number of hydrogen-bond acceptors (Lipinski definition) is 3. The van der Waals surface area contributed by atoms with Crippen LogP contribution in [0.1, 0.15) is 38.5 Å². The minimum atomic E-state index is -0.193. The molecule has 24 heavy (non-hydrogen) atoms. The normalized spacial score (nSPS) is 20.1. The zero-order valence-electron chi connectivity index (χ0n) is 14.3. The summed E-state index contributed by atoms with van der Waals surface area (Å²) in [7, 11) is 0. The first-order chi connectivity index (χ1) is 11.7. The molecule has 1 saturated heterocycles. The highest BCUT2D eigenvalue weighted by molar-refractivity contribution is 5.76. The SMILES string of the molecule is O=C(CCN1CCN(c2ccc(F)cc2)CC1)NC1CCCCC1. The van der Waals surface area contributed by atoms with Gasteiger partial charge in [0, 0.05) is 50.9 Å². The van der Waals surface area contributed by atoms with Crippen LogP contribution in [0.25, 0.3) is 0 Å². The summed E-state index contributed by atoms with van der Waals surface area (Å²) in [5, 5.41) is 3.19. The van der Waals surface area contributed by atoms with E-state index in [0.29, 0.717) is 12.5 Å². The predicted octanol–water partition coefficient (Wildman–Crippen LogP) is 2.79. The van der Waals surface area contributed by atoms with E-state index in [4.69, 9.17) is 0 Å². The van der Waals surface area contributed by atoms with Crippen LogP contribution in [-0.4, -0.2) is 49.6 Å². The monoisotopic (exact) mass is 333 g/mol. The van der Waals surface area contributed by atoms with E-state index in [1.54, 1.807) is 0 Å². The smallest absolute Gasteiger partial charge is 0.221 e. The standard InChI is InChI=1S/C19H28FN3O/c20-16-6-8-18(9-7-16)23-14-12-22(13-15-23)11-10-19(24)21-17-4-2-1-3-5-17/h6-9,17H,1-5,10-15H2,(H,21,24). The molecule has 0 bridgehead atoms. The fourth-order valence-corrected chi connectivity index (χ4v) is 3.69. The third kappa shape index (κ3) is 4.94. The lowest BCUT2D eigenvalue weighted by Crippen LogP contribution is -2.47. The number of anilines is 1. The van der Waals surface area contributed by atoms with Crippen molar-refractivity contribution in [3.63, 3.8) is 0 Å². The van der Waals surface area contributed by atoms with Gasteiger partial charge in [-0.05, 0) is 37.1 Å². The number of carbonyl (C=O) groups is 1. The van der Waals surface area contributed by atoms with Crippen molar-refractivity contribution in [2.24, 2.45) is 0 Å². The molecule has 2 aliphatic rings. The molecule has 1 N–H and O–H groups in total. The lowest BCUT2D eigenvalue weighted by atomic mass is 9.95. The highest BCUT2D eigenvalue weighted by Crippen LogP contribution is 2.18. The first-order valence-corrected chi connectivity index (χ1v) is 9.23. The Bertz CT molecular complexity index is 520.